The number of nitrogens with zero attached hydrogens (tertiary/aromatic N) is 2. The Kier molecular flexibility index (Phi) is 4.59. The lowest BCUT2D eigenvalue weighted by Crippen LogP contribution is -2.21. The molecule has 1 N–H and O–H groups in total. The lowest BCUT2D eigenvalue weighted by atomic mass is 10.2. The Morgan fingerprint density at radius 2 is 1.86 bits per heavy atom. The van der Waals surface area contributed by atoms with Crippen molar-refractivity contribution in [1.82, 2.24) is 9.88 Å². The number of amides is 1. The zero-order chi connectivity index (χ0) is 15.4. The first kappa shape index (κ1) is 15.1. The zero-order valence-corrected chi connectivity index (χ0v) is 12.4. The second-order valence-corrected chi connectivity index (χ2v) is 5.55. The summed E-state index contributed by atoms with van der Waals surface area (Å²) in [5, 5.41) is 9.78. The molecule has 0 aliphatic carbocycles. The predicted molar refractivity (Wildman–Crippen MR) is 79.8 cm³/mol. The second-order valence-electron chi connectivity index (χ2n) is 4.49. The molecule has 0 unspecified atom stereocenters. The van der Waals surface area contributed by atoms with E-state index >= 15 is 0 Å². The molecule has 5 nitrogen and oxygen atoms in total. The summed E-state index contributed by atoms with van der Waals surface area (Å²) in [5.41, 5.74) is 0.730. The summed E-state index contributed by atoms with van der Waals surface area (Å²) in [6.45, 7) is 0. The molecule has 108 valence electrons. The monoisotopic (exact) mass is 302 g/mol. The number of pyridine rings is 1. The highest BCUT2D eigenvalue weighted by Crippen LogP contribution is 2.29. The van der Waals surface area contributed by atoms with Crippen LogP contribution in [0.5, 0.6) is 0 Å². The van der Waals surface area contributed by atoms with E-state index in [9.17, 15) is 9.59 Å². The van der Waals surface area contributed by atoms with Gasteiger partial charge in [-0.15, -0.1) is 0 Å². The Balaban J connectivity index is 2.22. The highest BCUT2D eigenvalue weighted by molar-refractivity contribution is 7.99. The van der Waals surface area contributed by atoms with Gasteiger partial charge in [-0.2, -0.15) is 0 Å². The van der Waals surface area contributed by atoms with E-state index in [0.29, 0.717) is 15.5 Å². The SMILES string of the molecule is CN(C)C(=O)c1ccc(Sc2ccccc2C(=O)O)nc1. The highest BCUT2D eigenvalue weighted by Gasteiger charge is 2.12. The van der Waals surface area contributed by atoms with Crippen molar-refractivity contribution in [3.63, 3.8) is 0 Å². The molecule has 0 saturated carbocycles. The van der Waals surface area contributed by atoms with Gasteiger partial charge < -0.3 is 10.0 Å². The summed E-state index contributed by atoms with van der Waals surface area (Å²) in [6.07, 6.45) is 1.49. The van der Waals surface area contributed by atoms with Crippen LogP contribution in [0.25, 0.3) is 0 Å². The van der Waals surface area contributed by atoms with E-state index in [-0.39, 0.29) is 11.5 Å². The van der Waals surface area contributed by atoms with Crippen molar-refractivity contribution in [2.24, 2.45) is 0 Å². The molecule has 0 saturated heterocycles. The molecule has 0 spiro atoms. The third-order valence-corrected chi connectivity index (χ3v) is 3.75. The van der Waals surface area contributed by atoms with Gasteiger partial charge in [0.25, 0.3) is 5.91 Å². The van der Waals surface area contributed by atoms with Gasteiger partial charge in [-0.05, 0) is 24.3 Å². The van der Waals surface area contributed by atoms with E-state index in [2.05, 4.69) is 4.98 Å². The minimum atomic E-state index is -0.975. The molecule has 0 aliphatic heterocycles. The van der Waals surface area contributed by atoms with Crippen LogP contribution < -0.4 is 0 Å². The van der Waals surface area contributed by atoms with Crippen molar-refractivity contribution in [3.05, 3.63) is 53.7 Å². The van der Waals surface area contributed by atoms with Crippen LogP contribution in [-0.4, -0.2) is 41.0 Å². The molecule has 1 heterocycles. The molecule has 6 heteroatoms. The molecular formula is C15H14N2O3S. The Bertz CT molecular complexity index is 669. The van der Waals surface area contributed by atoms with E-state index in [0.717, 1.165) is 0 Å². The Hall–Kier alpha value is -2.34. The second kappa shape index (κ2) is 6.41. The lowest BCUT2D eigenvalue weighted by Gasteiger charge is -2.10. The smallest absolute Gasteiger partial charge is 0.336 e. The van der Waals surface area contributed by atoms with Gasteiger partial charge in [0.2, 0.25) is 0 Å². The van der Waals surface area contributed by atoms with Crippen LogP contribution in [0.4, 0.5) is 0 Å². The number of carbonyl (C=O) groups excluding carboxylic acids is 1. The topological polar surface area (TPSA) is 70.5 Å². The number of carbonyl (C=O) groups is 2. The number of carboxylic acids is 1. The minimum Gasteiger partial charge on any atom is -0.478 e. The van der Waals surface area contributed by atoms with Gasteiger partial charge in [0.05, 0.1) is 11.1 Å². The normalized spacial score (nSPS) is 10.2. The predicted octanol–water partition coefficient (Wildman–Crippen LogP) is 2.63. The summed E-state index contributed by atoms with van der Waals surface area (Å²) in [5.74, 6) is -1.09. The van der Waals surface area contributed by atoms with Gasteiger partial charge in [0.1, 0.15) is 5.03 Å². The molecule has 2 rings (SSSR count). The number of rotatable bonds is 4. The summed E-state index contributed by atoms with van der Waals surface area (Å²) in [4.78, 5) is 29.2. The molecule has 1 amide bonds. The number of aromatic nitrogens is 1. The Morgan fingerprint density at radius 1 is 1.14 bits per heavy atom. The molecule has 0 radical (unpaired) electrons. The van der Waals surface area contributed by atoms with Crippen LogP contribution in [0.3, 0.4) is 0 Å². The van der Waals surface area contributed by atoms with Gasteiger partial charge in [-0.3, -0.25) is 4.79 Å². The van der Waals surface area contributed by atoms with Crippen molar-refractivity contribution < 1.29 is 14.7 Å². The summed E-state index contributed by atoms with van der Waals surface area (Å²) < 4.78 is 0. The number of hydrogen-bond donors (Lipinski definition) is 1. The van der Waals surface area contributed by atoms with Crippen LogP contribution >= 0.6 is 11.8 Å². The quantitative estimate of drug-likeness (QED) is 0.940. The maximum Gasteiger partial charge on any atom is 0.336 e. The van der Waals surface area contributed by atoms with Crippen molar-refractivity contribution >= 4 is 23.6 Å². The van der Waals surface area contributed by atoms with E-state index in [1.807, 2.05) is 0 Å². The van der Waals surface area contributed by atoms with Crippen LogP contribution in [-0.2, 0) is 0 Å². The average molecular weight is 302 g/mol. The van der Waals surface area contributed by atoms with Crippen molar-refractivity contribution in [2.45, 2.75) is 9.92 Å². The average Bonchev–Trinajstić information content (AvgIpc) is 2.47. The molecule has 0 bridgehead atoms. The van der Waals surface area contributed by atoms with Crippen LogP contribution in [0.1, 0.15) is 20.7 Å². The van der Waals surface area contributed by atoms with E-state index in [1.165, 1.54) is 22.9 Å². The van der Waals surface area contributed by atoms with Gasteiger partial charge in [-0.1, -0.05) is 23.9 Å². The summed E-state index contributed by atoms with van der Waals surface area (Å²) >= 11 is 1.25. The number of aromatic carboxylic acids is 1. The standard InChI is InChI=1S/C15H14N2O3S/c1-17(2)14(18)10-7-8-13(16-9-10)21-12-6-4-3-5-11(12)15(19)20/h3-9H,1-2H3,(H,19,20). The fourth-order valence-electron chi connectivity index (χ4n) is 1.67. The van der Waals surface area contributed by atoms with Gasteiger partial charge in [0, 0.05) is 25.2 Å². The van der Waals surface area contributed by atoms with Crippen molar-refractivity contribution in [3.8, 4) is 0 Å². The molecule has 0 aliphatic rings. The number of hydrogen-bond acceptors (Lipinski definition) is 4. The largest absolute Gasteiger partial charge is 0.478 e. The highest BCUT2D eigenvalue weighted by atomic mass is 32.2. The van der Waals surface area contributed by atoms with Gasteiger partial charge in [-0.25, -0.2) is 9.78 Å². The van der Waals surface area contributed by atoms with Gasteiger partial charge in [0.15, 0.2) is 0 Å². The minimum absolute atomic E-state index is 0.120. The molecule has 21 heavy (non-hydrogen) atoms. The van der Waals surface area contributed by atoms with Gasteiger partial charge >= 0.3 is 5.97 Å². The summed E-state index contributed by atoms with van der Waals surface area (Å²) in [7, 11) is 3.35. The third kappa shape index (κ3) is 3.61. The summed E-state index contributed by atoms with van der Waals surface area (Å²) in [6, 6.07) is 10.1. The molecule has 1 aromatic heterocycles. The Labute approximate surface area is 126 Å². The maximum absolute atomic E-state index is 11.8. The fourth-order valence-corrected chi connectivity index (χ4v) is 2.55. The third-order valence-electron chi connectivity index (χ3n) is 2.72. The first-order chi connectivity index (χ1) is 9.99. The number of benzene rings is 1. The van der Waals surface area contributed by atoms with E-state index in [4.69, 9.17) is 5.11 Å². The van der Waals surface area contributed by atoms with E-state index in [1.54, 1.807) is 50.5 Å². The molecular weight excluding hydrogens is 288 g/mol. The molecule has 0 atom stereocenters. The number of carboxylic acid groups (broad SMARTS) is 1. The first-order valence-corrected chi connectivity index (χ1v) is 6.98. The Morgan fingerprint density at radius 3 is 2.43 bits per heavy atom. The molecule has 2 aromatic rings. The molecule has 1 aromatic carbocycles. The van der Waals surface area contributed by atoms with Crippen LogP contribution in [0, 0.1) is 0 Å². The van der Waals surface area contributed by atoms with E-state index < -0.39 is 5.97 Å². The van der Waals surface area contributed by atoms with Crippen molar-refractivity contribution in [2.75, 3.05) is 14.1 Å². The van der Waals surface area contributed by atoms with Crippen LogP contribution in [0.15, 0.2) is 52.5 Å². The van der Waals surface area contributed by atoms with Crippen molar-refractivity contribution in [1.29, 1.82) is 0 Å². The fraction of sp³-hybridized carbons (Fsp3) is 0.133. The zero-order valence-electron chi connectivity index (χ0n) is 11.6. The lowest BCUT2D eigenvalue weighted by molar-refractivity contribution is 0.0692. The van der Waals surface area contributed by atoms with Crippen LogP contribution in [0.2, 0.25) is 0 Å². The first-order valence-electron chi connectivity index (χ1n) is 6.17. The molecule has 0 fully saturated rings. The maximum atomic E-state index is 11.8.